The predicted octanol–water partition coefficient (Wildman–Crippen LogP) is 1.07. The molecule has 3 rings (SSSR count). The lowest BCUT2D eigenvalue weighted by atomic mass is 10.0. The molecule has 1 aliphatic heterocycles. The van der Waals surface area contributed by atoms with Crippen molar-refractivity contribution < 1.29 is 18.9 Å². The zero-order valence-electron chi connectivity index (χ0n) is 14.7. The lowest BCUT2D eigenvalue weighted by molar-refractivity contribution is -0.913. The van der Waals surface area contributed by atoms with Crippen LogP contribution in [0.5, 0.6) is 0 Å². The summed E-state index contributed by atoms with van der Waals surface area (Å²) < 4.78 is 13.3. The number of amides is 2. The van der Waals surface area contributed by atoms with Crippen molar-refractivity contribution in [2.45, 2.75) is 19.9 Å². The van der Waals surface area contributed by atoms with E-state index >= 15 is 0 Å². The number of nitrogens with two attached hydrogens (primary N) is 1. The number of rotatable bonds is 4. The molecule has 0 fully saturated rings. The number of nitrogens with one attached hydrogen (secondary N) is 3. The van der Waals surface area contributed by atoms with Gasteiger partial charge in [-0.2, -0.15) is 0 Å². The summed E-state index contributed by atoms with van der Waals surface area (Å²) in [5.74, 6) is -1.56. The summed E-state index contributed by atoms with van der Waals surface area (Å²) in [6.45, 7) is 4.91. The number of fused-ring (bicyclic) bond motifs is 1. The summed E-state index contributed by atoms with van der Waals surface area (Å²) in [6, 6.07) is 5.31. The molecule has 1 atom stereocenters. The van der Waals surface area contributed by atoms with Gasteiger partial charge in [-0.25, -0.2) is 4.39 Å². The highest BCUT2D eigenvalue weighted by Crippen LogP contribution is 2.34. The normalized spacial score (nSPS) is 15.7. The number of hydrogen-bond donors (Lipinski definition) is 4. The third kappa shape index (κ3) is 4.32. The summed E-state index contributed by atoms with van der Waals surface area (Å²) in [6.07, 6.45) is 0.775. The highest BCUT2D eigenvalue weighted by molar-refractivity contribution is 7.80. The zero-order chi connectivity index (χ0) is 19.6. The van der Waals surface area contributed by atoms with E-state index < -0.39 is 17.6 Å². The standard InChI is InChI=1S/C18H19FN4O2S2/c1-2-23-7-6-12-13(9-23)27-17(14(12)15(20)24)22-18(26)21-16(25)10-4-3-5-11(19)8-10/h3-5,8H,2,6-7,9H2,1H3,(H2,20,24)(H2,21,22,25,26)/p+1. The van der Waals surface area contributed by atoms with Crippen LogP contribution in [0.25, 0.3) is 0 Å². The minimum Gasteiger partial charge on any atom is -0.365 e. The molecule has 0 saturated heterocycles. The first-order valence-electron chi connectivity index (χ1n) is 8.54. The molecular weight excluding hydrogens is 387 g/mol. The molecule has 2 aromatic rings. The maximum Gasteiger partial charge on any atom is 0.257 e. The number of carbonyl (C=O) groups excluding carboxylic acids is 2. The van der Waals surface area contributed by atoms with Crippen molar-refractivity contribution in [3.05, 3.63) is 51.7 Å². The fraction of sp³-hybridized carbons (Fsp3) is 0.278. The van der Waals surface area contributed by atoms with E-state index in [4.69, 9.17) is 18.0 Å². The van der Waals surface area contributed by atoms with Gasteiger partial charge in [-0.05, 0) is 42.9 Å². The summed E-state index contributed by atoms with van der Waals surface area (Å²) >= 11 is 6.62. The van der Waals surface area contributed by atoms with Crippen LogP contribution in [0, 0.1) is 5.82 Å². The third-order valence-corrected chi connectivity index (χ3v) is 5.87. The Morgan fingerprint density at radius 2 is 2.19 bits per heavy atom. The number of hydrogen-bond acceptors (Lipinski definition) is 4. The molecule has 5 N–H and O–H groups in total. The molecule has 1 aliphatic rings. The minimum atomic E-state index is -0.532. The molecule has 1 aromatic carbocycles. The Morgan fingerprint density at radius 1 is 1.41 bits per heavy atom. The number of thiophene rings is 1. The lowest BCUT2D eigenvalue weighted by Crippen LogP contribution is -3.11. The molecule has 0 bridgehead atoms. The topological polar surface area (TPSA) is 88.7 Å². The van der Waals surface area contributed by atoms with E-state index in [0.717, 1.165) is 42.6 Å². The van der Waals surface area contributed by atoms with Crippen LogP contribution >= 0.6 is 23.6 Å². The second kappa shape index (κ2) is 8.12. The average molecular weight is 408 g/mol. The van der Waals surface area contributed by atoms with Crippen molar-refractivity contribution >= 4 is 45.5 Å². The lowest BCUT2D eigenvalue weighted by Gasteiger charge is -2.22. The SMILES string of the molecule is CC[NH+]1CCc2c(sc(NC(=S)NC(=O)c3cccc(F)c3)c2C(N)=O)C1. The summed E-state index contributed by atoms with van der Waals surface area (Å²) in [4.78, 5) is 26.7. The van der Waals surface area contributed by atoms with Gasteiger partial charge in [-0.1, -0.05) is 6.07 Å². The van der Waals surface area contributed by atoms with Crippen molar-refractivity contribution in [3.8, 4) is 0 Å². The molecule has 0 aliphatic carbocycles. The summed E-state index contributed by atoms with van der Waals surface area (Å²) in [5, 5.41) is 5.98. The van der Waals surface area contributed by atoms with E-state index in [2.05, 4.69) is 17.6 Å². The molecule has 27 heavy (non-hydrogen) atoms. The average Bonchev–Trinajstić information content (AvgIpc) is 2.98. The van der Waals surface area contributed by atoms with Crippen LogP contribution in [0.4, 0.5) is 9.39 Å². The fourth-order valence-corrected chi connectivity index (χ4v) is 4.71. The number of carbonyl (C=O) groups is 2. The molecule has 9 heteroatoms. The summed E-state index contributed by atoms with van der Waals surface area (Å²) in [5.41, 5.74) is 7.14. The molecule has 1 unspecified atom stereocenters. The number of thiocarbonyl (C=S) groups is 1. The van der Waals surface area contributed by atoms with Gasteiger partial charge in [-0.3, -0.25) is 14.9 Å². The third-order valence-electron chi connectivity index (χ3n) is 4.52. The molecule has 0 saturated carbocycles. The van der Waals surface area contributed by atoms with Gasteiger partial charge < -0.3 is 16.0 Å². The first-order chi connectivity index (χ1) is 12.9. The molecular formula is C18H20FN4O2S2+. The van der Waals surface area contributed by atoms with Crippen LogP contribution in [0.1, 0.15) is 38.1 Å². The smallest absolute Gasteiger partial charge is 0.257 e. The number of primary amides is 1. The Kier molecular flexibility index (Phi) is 5.83. The van der Waals surface area contributed by atoms with Crippen molar-refractivity contribution in [3.63, 3.8) is 0 Å². The van der Waals surface area contributed by atoms with E-state index in [0.29, 0.717) is 10.6 Å². The maximum atomic E-state index is 13.3. The van der Waals surface area contributed by atoms with Crippen LogP contribution in [-0.2, 0) is 13.0 Å². The van der Waals surface area contributed by atoms with Crippen LogP contribution < -0.4 is 21.3 Å². The molecule has 0 spiro atoms. The first kappa shape index (κ1) is 19.4. The van der Waals surface area contributed by atoms with Crippen molar-refractivity contribution in [2.24, 2.45) is 5.73 Å². The van der Waals surface area contributed by atoms with Crippen LogP contribution in [0.2, 0.25) is 0 Å². The number of quaternary nitrogens is 1. The number of halogens is 1. The van der Waals surface area contributed by atoms with Gasteiger partial charge in [0.05, 0.1) is 23.5 Å². The predicted molar refractivity (Wildman–Crippen MR) is 107 cm³/mol. The Hall–Kier alpha value is -2.36. The number of benzene rings is 1. The van der Waals surface area contributed by atoms with Gasteiger partial charge in [-0.15, -0.1) is 11.3 Å². The molecule has 1 aromatic heterocycles. The molecule has 0 radical (unpaired) electrons. The Labute approximate surface area is 165 Å². The zero-order valence-corrected chi connectivity index (χ0v) is 16.4. The van der Waals surface area contributed by atoms with Gasteiger partial charge >= 0.3 is 0 Å². The Bertz CT molecular complexity index is 913. The Balaban J connectivity index is 1.77. The van der Waals surface area contributed by atoms with E-state index in [1.807, 2.05) is 0 Å². The quantitative estimate of drug-likeness (QED) is 0.571. The molecule has 2 heterocycles. The van der Waals surface area contributed by atoms with Gasteiger partial charge in [0.25, 0.3) is 11.8 Å². The molecule has 142 valence electrons. The number of likely N-dealkylation sites (N-methyl/N-ethyl adjacent to an activating group) is 1. The maximum absolute atomic E-state index is 13.3. The van der Waals surface area contributed by atoms with Gasteiger partial charge in [0.15, 0.2) is 5.11 Å². The monoisotopic (exact) mass is 407 g/mol. The minimum absolute atomic E-state index is 0.0325. The van der Waals surface area contributed by atoms with Crippen LogP contribution in [-0.4, -0.2) is 30.0 Å². The van der Waals surface area contributed by atoms with Crippen LogP contribution in [0.15, 0.2) is 24.3 Å². The van der Waals surface area contributed by atoms with Crippen molar-refractivity contribution in [2.75, 3.05) is 18.4 Å². The molecule has 6 nitrogen and oxygen atoms in total. The second-order valence-electron chi connectivity index (χ2n) is 6.27. The largest absolute Gasteiger partial charge is 0.365 e. The first-order valence-corrected chi connectivity index (χ1v) is 9.77. The highest BCUT2D eigenvalue weighted by Gasteiger charge is 2.28. The number of anilines is 1. The fourth-order valence-electron chi connectivity index (χ4n) is 3.13. The van der Waals surface area contributed by atoms with Crippen molar-refractivity contribution in [1.82, 2.24) is 5.32 Å². The van der Waals surface area contributed by atoms with Crippen LogP contribution in [0.3, 0.4) is 0 Å². The van der Waals surface area contributed by atoms with Gasteiger partial charge in [0.2, 0.25) is 0 Å². The summed E-state index contributed by atoms with van der Waals surface area (Å²) in [7, 11) is 0. The van der Waals surface area contributed by atoms with E-state index in [9.17, 15) is 14.0 Å². The second-order valence-corrected chi connectivity index (χ2v) is 7.78. The highest BCUT2D eigenvalue weighted by atomic mass is 32.1. The van der Waals surface area contributed by atoms with E-state index in [-0.39, 0.29) is 10.7 Å². The van der Waals surface area contributed by atoms with Gasteiger partial charge in [0, 0.05) is 12.0 Å². The van der Waals surface area contributed by atoms with E-state index in [1.165, 1.54) is 34.4 Å². The Morgan fingerprint density at radius 3 is 2.85 bits per heavy atom. The molecule has 2 amide bonds. The van der Waals surface area contributed by atoms with E-state index in [1.54, 1.807) is 0 Å². The van der Waals surface area contributed by atoms with Crippen molar-refractivity contribution in [1.29, 1.82) is 0 Å². The van der Waals surface area contributed by atoms with Gasteiger partial charge in [0.1, 0.15) is 17.4 Å².